The molecule has 0 amide bonds. The molecule has 1 aliphatic heterocycles. The lowest BCUT2D eigenvalue weighted by Crippen LogP contribution is -2.38. The predicted octanol–water partition coefficient (Wildman–Crippen LogP) is 2.95. The first-order chi connectivity index (χ1) is 12.2. The van der Waals surface area contributed by atoms with Crippen molar-refractivity contribution in [2.75, 3.05) is 26.9 Å². The molecular formula is C20H27N3O2. The average molecular weight is 341 g/mol. The summed E-state index contributed by atoms with van der Waals surface area (Å²) in [6.45, 7) is 3.62. The molecule has 1 fully saturated rings. The fourth-order valence-electron chi connectivity index (χ4n) is 3.68. The minimum atomic E-state index is 0.275. The normalized spacial score (nSPS) is 20.5. The number of aryl methyl sites for hydroxylation is 1. The van der Waals surface area contributed by atoms with Crippen LogP contribution < -0.4 is 4.74 Å². The van der Waals surface area contributed by atoms with Crippen LogP contribution in [0.5, 0.6) is 5.75 Å². The van der Waals surface area contributed by atoms with Gasteiger partial charge in [-0.2, -0.15) is 5.10 Å². The summed E-state index contributed by atoms with van der Waals surface area (Å²) in [6.07, 6.45) is 5.74. The number of hydrogen-bond donors (Lipinski definition) is 0. The number of rotatable bonds is 7. The fraction of sp³-hybridized carbons (Fsp3) is 0.550. The largest absolute Gasteiger partial charge is 0.497 e. The Bertz CT molecular complexity index is 706. The smallest absolute Gasteiger partial charge is 0.118 e. The molecule has 0 radical (unpaired) electrons. The zero-order valence-corrected chi connectivity index (χ0v) is 15.1. The third-order valence-corrected chi connectivity index (χ3v) is 5.36. The van der Waals surface area contributed by atoms with E-state index in [-0.39, 0.29) is 6.04 Å². The molecule has 2 heterocycles. The summed E-state index contributed by atoms with van der Waals surface area (Å²) in [4.78, 5) is 2.53. The maximum absolute atomic E-state index is 6.08. The summed E-state index contributed by atoms with van der Waals surface area (Å²) < 4.78 is 13.4. The number of aromatic nitrogens is 2. The van der Waals surface area contributed by atoms with Crippen molar-refractivity contribution in [3.05, 3.63) is 47.3 Å². The SMILES string of the molecule is COc1ccc(CN2CCc3cnn(C)c3C2COCC2CC2)cc1. The van der Waals surface area contributed by atoms with Crippen LogP contribution in [0.25, 0.3) is 0 Å². The van der Waals surface area contributed by atoms with Crippen molar-refractivity contribution in [1.82, 2.24) is 14.7 Å². The average Bonchev–Trinajstić information content (AvgIpc) is 3.39. The summed E-state index contributed by atoms with van der Waals surface area (Å²) in [6, 6.07) is 8.65. The summed E-state index contributed by atoms with van der Waals surface area (Å²) in [5.74, 6) is 1.70. The molecule has 2 aliphatic rings. The van der Waals surface area contributed by atoms with Gasteiger partial charge in [-0.15, -0.1) is 0 Å². The second-order valence-electron chi connectivity index (χ2n) is 7.24. The molecule has 2 aromatic rings. The Kier molecular flexibility index (Phi) is 4.77. The third-order valence-electron chi connectivity index (χ3n) is 5.36. The Labute approximate surface area is 149 Å². The van der Waals surface area contributed by atoms with E-state index in [1.54, 1.807) is 7.11 Å². The highest BCUT2D eigenvalue weighted by atomic mass is 16.5. The van der Waals surface area contributed by atoms with E-state index in [0.717, 1.165) is 44.4 Å². The standard InChI is InChI=1S/C20H27N3O2/c1-22-20-17(11-21-22)9-10-23(19(20)14-25-13-16-3-4-16)12-15-5-7-18(24-2)8-6-15/h5-8,11,16,19H,3-4,9-10,12-14H2,1-2H3. The van der Waals surface area contributed by atoms with E-state index in [4.69, 9.17) is 9.47 Å². The molecule has 1 aromatic heterocycles. The number of ether oxygens (including phenoxy) is 2. The van der Waals surface area contributed by atoms with Gasteiger partial charge >= 0.3 is 0 Å². The van der Waals surface area contributed by atoms with Crippen molar-refractivity contribution in [3.63, 3.8) is 0 Å². The monoisotopic (exact) mass is 341 g/mol. The van der Waals surface area contributed by atoms with Crippen LogP contribution in [0.2, 0.25) is 0 Å². The molecule has 1 aromatic carbocycles. The Hall–Kier alpha value is -1.85. The Morgan fingerprint density at radius 3 is 2.68 bits per heavy atom. The van der Waals surface area contributed by atoms with Gasteiger partial charge in [-0.25, -0.2) is 0 Å². The second kappa shape index (κ2) is 7.18. The van der Waals surface area contributed by atoms with Gasteiger partial charge in [0.05, 0.1) is 31.6 Å². The zero-order valence-electron chi connectivity index (χ0n) is 15.1. The summed E-state index contributed by atoms with van der Waals surface area (Å²) in [7, 11) is 3.75. The molecule has 0 spiro atoms. The summed E-state index contributed by atoms with van der Waals surface area (Å²) in [5.41, 5.74) is 3.99. The van der Waals surface area contributed by atoms with Gasteiger partial charge in [0.1, 0.15) is 5.75 Å². The number of hydrogen-bond acceptors (Lipinski definition) is 4. The van der Waals surface area contributed by atoms with Gasteiger partial charge in [-0.3, -0.25) is 9.58 Å². The van der Waals surface area contributed by atoms with Crippen molar-refractivity contribution >= 4 is 0 Å². The van der Waals surface area contributed by atoms with Crippen LogP contribution in [0.15, 0.2) is 30.5 Å². The van der Waals surface area contributed by atoms with Crippen molar-refractivity contribution in [2.24, 2.45) is 13.0 Å². The minimum Gasteiger partial charge on any atom is -0.497 e. The van der Waals surface area contributed by atoms with Gasteiger partial charge in [0.2, 0.25) is 0 Å². The van der Waals surface area contributed by atoms with Crippen LogP contribution in [-0.4, -0.2) is 41.5 Å². The lowest BCUT2D eigenvalue weighted by atomic mass is 9.99. The number of methoxy groups -OCH3 is 1. The van der Waals surface area contributed by atoms with Gasteiger partial charge in [0.25, 0.3) is 0 Å². The molecule has 5 nitrogen and oxygen atoms in total. The van der Waals surface area contributed by atoms with E-state index in [0.29, 0.717) is 0 Å². The molecule has 0 saturated heterocycles. The first kappa shape index (κ1) is 16.6. The Morgan fingerprint density at radius 2 is 1.96 bits per heavy atom. The third kappa shape index (κ3) is 3.72. The molecule has 5 heteroatoms. The number of nitrogens with zero attached hydrogens (tertiary/aromatic N) is 3. The van der Waals surface area contributed by atoms with Gasteiger partial charge in [-0.05, 0) is 48.4 Å². The first-order valence-electron chi connectivity index (χ1n) is 9.20. The van der Waals surface area contributed by atoms with Gasteiger partial charge in [0.15, 0.2) is 0 Å². The second-order valence-corrected chi connectivity index (χ2v) is 7.24. The van der Waals surface area contributed by atoms with E-state index in [9.17, 15) is 0 Å². The van der Waals surface area contributed by atoms with E-state index < -0.39 is 0 Å². The van der Waals surface area contributed by atoms with Crippen molar-refractivity contribution in [3.8, 4) is 5.75 Å². The van der Waals surface area contributed by atoms with Crippen LogP contribution in [0.1, 0.15) is 35.7 Å². The molecule has 25 heavy (non-hydrogen) atoms. The molecule has 4 rings (SSSR count). The fourth-order valence-corrected chi connectivity index (χ4v) is 3.68. The maximum atomic E-state index is 6.08. The van der Waals surface area contributed by atoms with Crippen LogP contribution >= 0.6 is 0 Å². The first-order valence-corrected chi connectivity index (χ1v) is 9.20. The predicted molar refractivity (Wildman–Crippen MR) is 96.6 cm³/mol. The molecule has 1 saturated carbocycles. The zero-order chi connectivity index (χ0) is 17.2. The molecule has 1 aliphatic carbocycles. The highest BCUT2D eigenvalue weighted by Gasteiger charge is 2.31. The van der Waals surface area contributed by atoms with Crippen LogP contribution in [0, 0.1) is 5.92 Å². The lowest BCUT2D eigenvalue weighted by Gasteiger charge is -2.36. The summed E-state index contributed by atoms with van der Waals surface area (Å²) in [5, 5.41) is 4.49. The highest BCUT2D eigenvalue weighted by Crippen LogP contribution is 2.33. The minimum absolute atomic E-state index is 0.275. The molecule has 134 valence electrons. The lowest BCUT2D eigenvalue weighted by molar-refractivity contribution is 0.0413. The topological polar surface area (TPSA) is 39.5 Å². The van der Waals surface area contributed by atoms with Gasteiger partial charge < -0.3 is 9.47 Å². The van der Waals surface area contributed by atoms with Crippen LogP contribution in [0.4, 0.5) is 0 Å². The van der Waals surface area contributed by atoms with Crippen molar-refractivity contribution < 1.29 is 9.47 Å². The number of benzene rings is 1. The molecule has 1 atom stereocenters. The van der Waals surface area contributed by atoms with Crippen LogP contribution in [0.3, 0.4) is 0 Å². The maximum Gasteiger partial charge on any atom is 0.118 e. The van der Waals surface area contributed by atoms with Gasteiger partial charge in [0, 0.05) is 26.7 Å². The van der Waals surface area contributed by atoms with Gasteiger partial charge in [-0.1, -0.05) is 12.1 Å². The van der Waals surface area contributed by atoms with E-state index >= 15 is 0 Å². The van der Waals surface area contributed by atoms with E-state index in [1.165, 1.54) is 29.7 Å². The molecular weight excluding hydrogens is 314 g/mol. The Balaban J connectivity index is 1.50. The number of fused-ring (bicyclic) bond motifs is 1. The molecule has 0 N–H and O–H groups in total. The Morgan fingerprint density at radius 1 is 1.16 bits per heavy atom. The van der Waals surface area contributed by atoms with Crippen molar-refractivity contribution in [1.29, 1.82) is 0 Å². The van der Waals surface area contributed by atoms with Crippen molar-refractivity contribution in [2.45, 2.75) is 31.8 Å². The molecule has 0 bridgehead atoms. The highest BCUT2D eigenvalue weighted by molar-refractivity contribution is 5.29. The van der Waals surface area contributed by atoms with E-state index in [1.807, 2.05) is 30.1 Å². The van der Waals surface area contributed by atoms with Crippen LogP contribution in [-0.2, 0) is 24.8 Å². The quantitative estimate of drug-likeness (QED) is 0.776. The molecule has 1 unspecified atom stereocenters. The van der Waals surface area contributed by atoms with E-state index in [2.05, 4.69) is 22.1 Å². The summed E-state index contributed by atoms with van der Waals surface area (Å²) >= 11 is 0.